The van der Waals surface area contributed by atoms with Crippen molar-refractivity contribution in [1.29, 1.82) is 0 Å². The van der Waals surface area contributed by atoms with Crippen LogP contribution in [0.4, 0.5) is 0 Å². The fourth-order valence-electron chi connectivity index (χ4n) is 3.09. The van der Waals surface area contributed by atoms with Gasteiger partial charge in [-0.1, -0.05) is 43.4 Å². The maximum atomic E-state index is 3.32. The van der Waals surface area contributed by atoms with Crippen LogP contribution in [0.5, 0.6) is 0 Å². The molecule has 0 nitrogen and oxygen atoms in total. The number of hydrogen-bond acceptors (Lipinski definition) is 0. The Morgan fingerprint density at radius 2 is 2.06 bits per heavy atom. The summed E-state index contributed by atoms with van der Waals surface area (Å²) in [5, 5.41) is 0. The Balaban J connectivity index is 1.67. The molecule has 3 rings (SSSR count). The summed E-state index contributed by atoms with van der Waals surface area (Å²) in [6, 6.07) is 0. The third-order valence-electron chi connectivity index (χ3n) is 4.46. The van der Waals surface area contributed by atoms with Crippen LogP contribution in [0.15, 0.2) is 23.3 Å². The largest absolute Gasteiger partial charge is 0.0938 e. The number of hydrogen-bond donors (Lipinski definition) is 0. The lowest BCUT2D eigenvalue weighted by molar-refractivity contribution is 0.619. The lowest BCUT2D eigenvalue weighted by Crippen LogP contribution is -1.91. The summed E-state index contributed by atoms with van der Waals surface area (Å²) in [5.41, 5.74) is 2.91. The zero-order valence-corrected chi connectivity index (χ0v) is 10.3. The molecule has 3 aliphatic carbocycles. The van der Waals surface area contributed by atoms with Crippen molar-refractivity contribution in [3.63, 3.8) is 0 Å². The van der Waals surface area contributed by atoms with Crippen LogP contribution in [0.2, 0.25) is 0 Å². The van der Waals surface area contributed by atoms with E-state index in [4.69, 9.17) is 0 Å². The van der Waals surface area contributed by atoms with Crippen LogP contribution in [-0.2, 0) is 0 Å². The van der Waals surface area contributed by atoms with Gasteiger partial charge in [-0.25, -0.2) is 0 Å². The molecule has 0 heterocycles. The Kier molecular flexibility index (Phi) is 2.43. The molecule has 0 N–H and O–H groups in total. The first-order valence-corrected chi connectivity index (χ1v) is 6.68. The van der Waals surface area contributed by atoms with Gasteiger partial charge in [0.25, 0.3) is 0 Å². The van der Waals surface area contributed by atoms with Crippen molar-refractivity contribution >= 4 is 0 Å². The molecule has 4 unspecified atom stereocenters. The molecule has 3 aliphatic rings. The average Bonchev–Trinajstić information content (AvgIpc) is 3.12. The first kappa shape index (κ1) is 10.2. The van der Waals surface area contributed by atoms with Gasteiger partial charge in [0, 0.05) is 12.0 Å². The van der Waals surface area contributed by atoms with Crippen molar-refractivity contribution in [2.45, 2.75) is 39.5 Å². The minimum absolute atomic E-state index is 0.886. The second-order valence-corrected chi connectivity index (χ2v) is 5.65. The molecule has 0 aromatic heterocycles. The third-order valence-corrected chi connectivity index (χ3v) is 4.46. The molecule has 4 atom stereocenters. The van der Waals surface area contributed by atoms with Crippen LogP contribution >= 0.6 is 0 Å². The van der Waals surface area contributed by atoms with Gasteiger partial charge < -0.3 is 0 Å². The summed E-state index contributed by atoms with van der Waals surface area (Å²) in [4.78, 5) is 0. The van der Waals surface area contributed by atoms with Crippen LogP contribution in [0.1, 0.15) is 39.5 Å². The van der Waals surface area contributed by atoms with Crippen molar-refractivity contribution < 1.29 is 0 Å². The summed E-state index contributed by atoms with van der Waals surface area (Å²) in [6.07, 6.45) is 9.62. The first-order chi connectivity index (χ1) is 7.79. The van der Waals surface area contributed by atoms with Crippen molar-refractivity contribution in [2.75, 3.05) is 0 Å². The van der Waals surface area contributed by atoms with E-state index in [0.717, 1.165) is 36.5 Å². The van der Waals surface area contributed by atoms with Crippen molar-refractivity contribution in [1.82, 2.24) is 0 Å². The van der Waals surface area contributed by atoms with E-state index in [0.29, 0.717) is 0 Å². The highest BCUT2D eigenvalue weighted by molar-refractivity contribution is 5.39. The molecule has 0 aromatic carbocycles. The smallest absolute Gasteiger partial charge is 0.0308 e. The molecule has 0 aliphatic heterocycles. The van der Waals surface area contributed by atoms with E-state index >= 15 is 0 Å². The van der Waals surface area contributed by atoms with Gasteiger partial charge in [-0.05, 0) is 42.9 Å². The molecule has 0 spiro atoms. The molecule has 0 aromatic rings. The maximum absolute atomic E-state index is 3.32. The Morgan fingerprint density at radius 3 is 2.75 bits per heavy atom. The Bertz CT molecular complexity index is 413. The van der Waals surface area contributed by atoms with E-state index in [9.17, 15) is 0 Å². The summed E-state index contributed by atoms with van der Waals surface area (Å²) in [7, 11) is 0. The zero-order chi connectivity index (χ0) is 11.1. The topological polar surface area (TPSA) is 0 Å². The summed E-state index contributed by atoms with van der Waals surface area (Å²) >= 11 is 0. The van der Waals surface area contributed by atoms with Crippen LogP contribution < -0.4 is 0 Å². The van der Waals surface area contributed by atoms with Gasteiger partial charge >= 0.3 is 0 Å². The normalized spacial score (nSPS) is 40.1. The molecule has 2 saturated carbocycles. The second-order valence-electron chi connectivity index (χ2n) is 5.65. The van der Waals surface area contributed by atoms with Crippen LogP contribution in [-0.4, -0.2) is 0 Å². The standard InChI is InChI=1S/C16H20/c1-3-12-5-4-6-13(8-7-12)15-10-16(15)14-9-11(14)2/h7-8,11,14-16H,3,6,9-10H2,1-2H3. The predicted octanol–water partition coefficient (Wildman–Crippen LogP) is 3.95. The molecular formula is C16H20. The SMILES string of the molecule is CCC1=CC=C(C2CC2C2CC2C)CC#C1. The van der Waals surface area contributed by atoms with Gasteiger partial charge in [0.05, 0.1) is 0 Å². The van der Waals surface area contributed by atoms with Crippen molar-refractivity contribution in [2.24, 2.45) is 23.7 Å². The highest BCUT2D eigenvalue weighted by Gasteiger charge is 2.52. The summed E-state index contributed by atoms with van der Waals surface area (Å²) < 4.78 is 0. The van der Waals surface area contributed by atoms with Gasteiger partial charge in [0.1, 0.15) is 0 Å². The molecule has 0 bridgehead atoms. The molecule has 0 radical (unpaired) electrons. The molecule has 0 amide bonds. The Labute approximate surface area is 98.8 Å². The van der Waals surface area contributed by atoms with E-state index in [-0.39, 0.29) is 0 Å². The zero-order valence-electron chi connectivity index (χ0n) is 10.3. The van der Waals surface area contributed by atoms with E-state index in [2.05, 4.69) is 37.8 Å². The molecular weight excluding hydrogens is 192 g/mol. The Morgan fingerprint density at radius 1 is 1.25 bits per heavy atom. The van der Waals surface area contributed by atoms with Gasteiger partial charge in [0.2, 0.25) is 0 Å². The monoisotopic (exact) mass is 212 g/mol. The van der Waals surface area contributed by atoms with Crippen LogP contribution in [0.25, 0.3) is 0 Å². The summed E-state index contributed by atoms with van der Waals surface area (Å²) in [6.45, 7) is 4.58. The lowest BCUT2D eigenvalue weighted by Gasteiger charge is -2.00. The minimum atomic E-state index is 0.886. The summed E-state index contributed by atoms with van der Waals surface area (Å²) in [5.74, 6) is 10.6. The second kappa shape index (κ2) is 3.81. The molecule has 0 saturated heterocycles. The fourth-order valence-corrected chi connectivity index (χ4v) is 3.09. The number of allylic oxidation sites excluding steroid dienone is 4. The van der Waals surface area contributed by atoms with Crippen molar-refractivity contribution in [3.8, 4) is 11.8 Å². The predicted molar refractivity (Wildman–Crippen MR) is 67.7 cm³/mol. The quantitative estimate of drug-likeness (QED) is 0.621. The fraction of sp³-hybridized carbons (Fsp3) is 0.625. The number of rotatable bonds is 3. The third kappa shape index (κ3) is 1.84. The van der Waals surface area contributed by atoms with Gasteiger partial charge in [0.15, 0.2) is 0 Å². The molecule has 0 heteroatoms. The van der Waals surface area contributed by atoms with E-state index in [1.165, 1.54) is 18.4 Å². The van der Waals surface area contributed by atoms with Gasteiger partial charge in [-0.15, -0.1) is 0 Å². The minimum Gasteiger partial charge on any atom is -0.0938 e. The van der Waals surface area contributed by atoms with Crippen LogP contribution in [0, 0.1) is 35.5 Å². The molecule has 2 fully saturated rings. The van der Waals surface area contributed by atoms with Gasteiger partial charge in [-0.3, -0.25) is 0 Å². The maximum Gasteiger partial charge on any atom is 0.0308 e. The van der Waals surface area contributed by atoms with E-state index in [1.807, 2.05) is 0 Å². The highest BCUT2D eigenvalue weighted by atomic mass is 14.6. The average molecular weight is 212 g/mol. The molecule has 16 heavy (non-hydrogen) atoms. The Hall–Kier alpha value is -0.960. The van der Waals surface area contributed by atoms with E-state index < -0.39 is 0 Å². The van der Waals surface area contributed by atoms with Crippen LogP contribution in [0.3, 0.4) is 0 Å². The first-order valence-electron chi connectivity index (χ1n) is 6.68. The van der Waals surface area contributed by atoms with Crippen molar-refractivity contribution in [3.05, 3.63) is 23.3 Å². The molecule has 84 valence electrons. The lowest BCUT2D eigenvalue weighted by atomic mass is 10.0. The van der Waals surface area contributed by atoms with Gasteiger partial charge in [-0.2, -0.15) is 0 Å². The highest BCUT2D eigenvalue weighted by Crippen LogP contribution is 2.60. The van der Waals surface area contributed by atoms with E-state index in [1.54, 1.807) is 5.57 Å².